The molecule has 0 N–H and O–H groups in total. The van der Waals surface area contributed by atoms with Crippen LogP contribution in [0.15, 0.2) is 40.9 Å². The van der Waals surface area contributed by atoms with E-state index in [4.69, 9.17) is 16.3 Å². The summed E-state index contributed by atoms with van der Waals surface area (Å²) in [4.78, 5) is 4.64. The van der Waals surface area contributed by atoms with Crippen LogP contribution in [0.3, 0.4) is 0 Å². The normalized spacial score (nSPS) is 11.0. The van der Waals surface area contributed by atoms with Gasteiger partial charge in [0.15, 0.2) is 0 Å². The van der Waals surface area contributed by atoms with Gasteiger partial charge in [-0.05, 0) is 36.8 Å². The summed E-state index contributed by atoms with van der Waals surface area (Å²) in [6.45, 7) is 2.07. The van der Waals surface area contributed by atoms with Crippen LogP contribution in [0.5, 0.6) is 5.75 Å². The van der Waals surface area contributed by atoms with Gasteiger partial charge in [-0.3, -0.25) is 4.57 Å². The third-order valence-corrected chi connectivity index (χ3v) is 4.64. The molecule has 0 spiro atoms. The molecule has 0 saturated carbocycles. The average Bonchev–Trinajstić information content (AvgIpc) is 2.88. The van der Waals surface area contributed by atoms with Gasteiger partial charge in [0.2, 0.25) is 0 Å². The quantitative estimate of drug-likeness (QED) is 0.621. The Hall–Kier alpha value is -1.52. The van der Waals surface area contributed by atoms with E-state index >= 15 is 0 Å². The molecule has 3 nitrogen and oxygen atoms in total. The number of aromatic nitrogens is 2. The van der Waals surface area contributed by atoms with Crippen molar-refractivity contribution in [2.45, 2.75) is 12.8 Å². The Bertz CT molecular complexity index is 813. The summed E-state index contributed by atoms with van der Waals surface area (Å²) >= 11 is 9.68. The molecule has 0 aliphatic heterocycles. The molecular weight excluding hydrogens is 352 g/mol. The van der Waals surface area contributed by atoms with Gasteiger partial charge in [0, 0.05) is 4.47 Å². The number of hydrogen-bond acceptors (Lipinski definition) is 2. The zero-order valence-corrected chi connectivity index (χ0v) is 14.1. The number of fused-ring (bicyclic) bond motifs is 1. The van der Waals surface area contributed by atoms with Crippen LogP contribution in [-0.4, -0.2) is 16.7 Å². The van der Waals surface area contributed by atoms with Crippen molar-refractivity contribution in [3.63, 3.8) is 0 Å². The second kappa shape index (κ2) is 5.70. The summed E-state index contributed by atoms with van der Waals surface area (Å²) in [6.07, 6.45) is 0. The molecule has 0 aliphatic carbocycles. The highest BCUT2D eigenvalue weighted by Crippen LogP contribution is 2.31. The van der Waals surface area contributed by atoms with E-state index in [0.29, 0.717) is 5.88 Å². The Kier molecular flexibility index (Phi) is 3.91. The average molecular weight is 366 g/mol. The molecule has 2 aromatic carbocycles. The Morgan fingerprint density at radius 3 is 2.71 bits per heavy atom. The van der Waals surface area contributed by atoms with Crippen LogP contribution >= 0.6 is 27.5 Å². The van der Waals surface area contributed by atoms with Crippen LogP contribution in [0, 0.1) is 6.92 Å². The summed E-state index contributed by atoms with van der Waals surface area (Å²) in [6, 6.07) is 12.0. The van der Waals surface area contributed by atoms with E-state index in [1.165, 1.54) is 0 Å². The molecule has 1 heterocycles. The zero-order valence-electron chi connectivity index (χ0n) is 11.7. The molecule has 0 atom stereocenters. The molecule has 0 radical (unpaired) electrons. The predicted octanol–water partition coefficient (Wildman–Crippen LogP) is 4.84. The van der Waals surface area contributed by atoms with Gasteiger partial charge >= 0.3 is 0 Å². The maximum atomic E-state index is 6.11. The van der Waals surface area contributed by atoms with E-state index in [2.05, 4.69) is 38.5 Å². The number of methoxy groups -OCH3 is 1. The molecule has 0 fully saturated rings. The minimum Gasteiger partial charge on any atom is -0.494 e. The number of halogens is 2. The van der Waals surface area contributed by atoms with Crippen molar-refractivity contribution in [1.29, 1.82) is 0 Å². The Morgan fingerprint density at radius 1 is 1.24 bits per heavy atom. The van der Waals surface area contributed by atoms with Gasteiger partial charge in [-0.25, -0.2) is 4.98 Å². The number of ether oxygens (including phenoxy) is 1. The molecule has 0 unspecified atom stereocenters. The maximum absolute atomic E-state index is 6.11. The van der Waals surface area contributed by atoms with Crippen molar-refractivity contribution < 1.29 is 4.74 Å². The van der Waals surface area contributed by atoms with E-state index < -0.39 is 0 Å². The van der Waals surface area contributed by atoms with Gasteiger partial charge in [0.25, 0.3) is 0 Å². The minimum absolute atomic E-state index is 0.337. The highest BCUT2D eigenvalue weighted by molar-refractivity contribution is 9.10. The lowest BCUT2D eigenvalue weighted by molar-refractivity contribution is 0.419. The number of imidazole rings is 1. The Morgan fingerprint density at radius 2 is 2.00 bits per heavy atom. The molecule has 0 amide bonds. The monoisotopic (exact) mass is 364 g/mol. The Balaban J connectivity index is 2.38. The van der Waals surface area contributed by atoms with E-state index in [0.717, 1.165) is 38.3 Å². The van der Waals surface area contributed by atoms with Gasteiger partial charge in [-0.1, -0.05) is 28.1 Å². The van der Waals surface area contributed by atoms with Gasteiger partial charge in [-0.15, -0.1) is 11.6 Å². The Labute approximate surface area is 136 Å². The summed E-state index contributed by atoms with van der Waals surface area (Å²) in [5.74, 6) is 1.90. The highest BCUT2D eigenvalue weighted by Gasteiger charge is 2.16. The number of para-hydroxylation sites is 1. The molecule has 108 valence electrons. The van der Waals surface area contributed by atoms with Crippen LogP contribution in [0.4, 0.5) is 0 Å². The molecule has 0 saturated heterocycles. The van der Waals surface area contributed by atoms with Crippen molar-refractivity contribution in [2.24, 2.45) is 0 Å². The summed E-state index contributed by atoms with van der Waals surface area (Å²) in [5.41, 5.74) is 4.03. The number of alkyl halides is 1. The SMILES string of the molecule is COc1cccc2c1nc(CCl)n2-c1cccc(Br)c1C. The van der Waals surface area contributed by atoms with E-state index in [1.807, 2.05) is 30.3 Å². The third-order valence-electron chi connectivity index (χ3n) is 3.54. The largest absolute Gasteiger partial charge is 0.494 e. The van der Waals surface area contributed by atoms with E-state index in [1.54, 1.807) is 7.11 Å². The fourth-order valence-electron chi connectivity index (χ4n) is 2.48. The first-order valence-corrected chi connectivity index (χ1v) is 7.86. The van der Waals surface area contributed by atoms with Crippen LogP contribution in [0.1, 0.15) is 11.4 Å². The first-order valence-electron chi connectivity index (χ1n) is 6.53. The minimum atomic E-state index is 0.337. The molecule has 5 heteroatoms. The fourth-order valence-corrected chi connectivity index (χ4v) is 3.02. The number of hydrogen-bond donors (Lipinski definition) is 0. The first kappa shape index (κ1) is 14.4. The molecule has 0 aliphatic rings. The van der Waals surface area contributed by atoms with E-state index in [9.17, 15) is 0 Å². The lowest BCUT2D eigenvalue weighted by atomic mass is 10.2. The van der Waals surface area contributed by atoms with Crippen molar-refractivity contribution in [2.75, 3.05) is 7.11 Å². The number of rotatable bonds is 3. The van der Waals surface area contributed by atoms with Crippen LogP contribution in [-0.2, 0) is 5.88 Å². The summed E-state index contributed by atoms with van der Waals surface area (Å²) in [5, 5.41) is 0. The lowest BCUT2D eigenvalue weighted by Gasteiger charge is -2.12. The third kappa shape index (κ3) is 2.32. The topological polar surface area (TPSA) is 27.1 Å². The molecule has 0 bridgehead atoms. The summed E-state index contributed by atoms with van der Waals surface area (Å²) in [7, 11) is 1.65. The number of nitrogens with zero attached hydrogens (tertiary/aromatic N) is 2. The zero-order chi connectivity index (χ0) is 15.0. The van der Waals surface area contributed by atoms with Crippen LogP contribution < -0.4 is 4.74 Å². The second-order valence-electron chi connectivity index (χ2n) is 4.71. The standard InChI is InChI=1S/C16H14BrClN2O/c1-10-11(17)5-3-6-12(10)20-13-7-4-8-14(21-2)16(13)19-15(20)9-18/h3-8H,9H2,1-2H3. The molecule has 3 aromatic rings. The number of benzene rings is 2. The van der Waals surface area contributed by atoms with Crippen LogP contribution in [0.2, 0.25) is 0 Å². The molecule has 21 heavy (non-hydrogen) atoms. The molecular formula is C16H14BrClN2O. The van der Waals surface area contributed by atoms with Crippen LogP contribution in [0.25, 0.3) is 16.7 Å². The highest BCUT2D eigenvalue weighted by atomic mass is 79.9. The van der Waals surface area contributed by atoms with Gasteiger partial charge in [0.1, 0.15) is 17.1 Å². The smallest absolute Gasteiger partial charge is 0.146 e. The first-order chi connectivity index (χ1) is 10.2. The molecule has 1 aromatic heterocycles. The van der Waals surface area contributed by atoms with Crippen molar-refractivity contribution in [3.8, 4) is 11.4 Å². The maximum Gasteiger partial charge on any atom is 0.146 e. The van der Waals surface area contributed by atoms with Gasteiger partial charge < -0.3 is 4.74 Å². The van der Waals surface area contributed by atoms with Crippen molar-refractivity contribution in [3.05, 3.63) is 52.3 Å². The van der Waals surface area contributed by atoms with Gasteiger partial charge in [-0.2, -0.15) is 0 Å². The second-order valence-corrected chi connectivity index (χ2v) is 5.83. The predicted molar refractivity (Wildman–Crippen MR) is 89.6 cm³/mol. The van der Waals surface area contributed by atoms with Gasteiger partial charge in [0.05, 0.1) is 24.2 Å². The van der Waals surface area contributed by atoms with Crippen molar-refractivity contribution in [1.82, 2.24) is 9.55 Å². The van der Waals surface area contributed by atoms with Crippen molar-refractivity contribution >= 4 is 38.6 Å². The summed E-state index contributed by atoms with van der Waals surface area (Å²) < 4.78 is 8.55. The molecule has 3 rings (SSSR count). The van der Waals surface area contributed by atoms with E-state index in [-0.39, 0.29) is 0 Å². The lowest BCUT2D eigenvalue weighted by Crippen LogP contribution is -2.01. The fraction of sp³-hybridized carbons (Fsp3) is 0.188.